The summed E-state index contributed by atoms with van der Waals surface area (Å²) in [5, 5.41) is 10.2. The fourth-order valence-electron chi connectivity index (χ4n) is 4.59. The van der Waals surface area contributed by atoms with E-state index >= 15 is 0 Å². The molecule has 1 amide bonds. The van der Waals surface area contributed by atoms with Crippen molar-refractivity contribution in [1.29, 1.82) is 0 Å². The zero-order valence-corrected chi connectivity index (χ0v) is 18.8. The minimum Gasteiger partial charge on any atom is -0.386 e. The molecule has 168 valence electrons. The van der Waals surface area contributed by atoms with E-state index < -0.39 is 11.6 Å². The number of piperidine rings is 1. The summed E-state index contributed by atoms with van der Waals surface area (Å²) in [4.78, 5) is 20.5. The monoisotopic (exact) mass is 457 g/mol. The number of hydrogen-bond acceptors (Lipinski definition) is 6. The number of benzene rings is 1. The van der Waals surface area contributed by atoms with E-state index in [1.54, 1.807) is 7.05 Å². The molecule has 3 saturated heterocycles. The summed E-state index contributed by atoms with van der Waals surface area (Å²) in [5.74, 6) is -1.12. The second-order valence-electron chi connectivity index (χ2n) is 8.46. The van der Waals surface area contributed by atoms with E-state index in [0.29, 0.717) is 35.7 Å². The van der Waals surface area contributed by atoms with Gasteiger partial charge in [0.25, 0.3) is 5.91 Å². The number of anilines is 2. The summed E-state index contributed by atoms with van der Waals surface area (Å²) in [5.41, 5.74) is 2.19. The fourth-order valence-corrected chi connectivity index (χ4v) is 5.73. The van der Waals surface area contributed by atoms with Crippen molar-refractivity contribution in [2.75, 3.05) is 36.9 Å². The molecule has 2 aromatic heterocycles. The predicted octanol–water partition coefficient (Wildman–Crippen LogP) is 3.45. The van der Waals surface area contributed by atoms with Crippen molar-refractivity contribution < 1.29 is 13.6 Å². The van der Waals surface area contributed by atoms with E-state index in [9.17, 15) is 13.6 Å². The summed E-state index contributed by atoms with van der Waals surface area (Å²) in [6.07, 6.45) is 1.31. The van der Waals surface area contributed by atoms with Crippen LogP contribution < -0.4 is 20.9 Å². The first-order valence-corrected chi connectivity index (χ1v) is 11.6. The van der Waals surface area contributed by atoms with Crippen LogP contribution in [-0.4, -0.2) is 49.7 Å². The van der Waals surface area contributed by atoms with Gasteiger partial charge in [-0.25, -0.2) is 13.8 Å². The van der Waals surface area contributed by atoms with Gasteiger partial charge in [0, 0.05) is 55.9 Å². The number of aromatic nitrogens is 1. The third-order valence-corrected chi connectivity index (χ3v) is 7.31. The van der Waals surface area contributed by atoms with Crippen molar-refractivity contribution in [3.05, 3.63) is 52.0 Å². The number of thiophene rings is 1. The zero-order chi connectivity index (χ0) is 22.4. The molecule has 6 nitrogen and oxygen atoms in total. The molecule has 3 aliphatic rings. The second kappa shape index (κ2) is 8.29. The summed E-state index contributed by atoms with van der Waals surface area (Å²) < 4.78 is 29.4. The van der Waals surface area contributed by atoms with Crippen LogP contribution in [0, 0.1) is 18.6 Å². The number of fused-ring (bicyclic) bond motifs is 3. The number of carbonyl (C=O) groups excluding carboxylic acids is 1. The molecule has 1 aromatic carbocycles. The Bertz CT molecular complexity index is 1180. The van der Waals surface area contributed by atoms with Crippen molar-refractivity contribution in [2.24, 2.45) is 0 Å². The molecule has 2 atom stereocenters. The van der Waals surface area contributed by atoms with Gasteiger partial charge in [-0.05, 0) is 43.5 Å². The van der Waals surface area contributed by atoms with Gasteiger partial charge in [-0.1, -0.05) is 0 Å². The highest BCUT2D eigenvalue weighted by molar-refractivity contribution is 7.21. The van der Waals surface area contributed by atoms with Crippen molar-refractivity contribution in [3.8, 4) is 0 Å². The second-order valence-corrected chi connectivity index (χ2v) is 9.46. The van der Waals surface area contributed by atoms with Crippen LogP contribution in [0.1, 0.15) is 27.3 Å². The molecule has 32 heavy (non-hydrogen) atoms. The van der Waals surface area contributed by atoms with Gasteiger partial charge in [-0.2, -0.15) is 0 Å². The van der Waals surface area contributed by atoms with E-state index in [2.05, 4.69) is 20.9 Å². The van der Waals surface area contributed by atoms with Gasteiger partial charge in [-0.15, -0.1) is 11.3 Å². The van der Waals surface area contributed by atoms with Crippen molar-refractivity contribution in [1.82, 2.24) is 15.6 Å². The molecule has 5 heterocycles. The van der Waals surface area contributed by atoms with Crippen LogP contribution in [0.15, 0.2) is 24.3 Å². The maximum atomic E-state index is 14.7. The lowest BCUT2D eigenvalue weighted by molar-refractivity contribution is 0.0959. The molecule has 2 unspecified atom stereocenters. The highest BCUT2D eigenvalue weighted by Crippen LogP contribution is 2.34. The number of amides is 1. The lowest BCUT2D eigenvalue weighted by atomic mass is 9.91. The van der Waals surface area contributed by atoms with Gasteiger partial charge in [0.2, 0.25) is 0 Å². The molecule has 3 N–H and O–H groups in total. The molecular formula is C23H25F2N5OS. The Balaban J connectivity index is 1.26. The number of pyridine rings is 1. The Morgan fingerprint density at radius 1 is 1.25 bits per heavy atom. The normalized spacial score (nSPS) is 19.7. The Morgan fingerprint density at radius 2 is 2.00 bits per heavy atom. The van der Waals surface area contributed by atoms with E-state index in [0.717, 1.165) is 28.0 Å². The first kappa shape index (κ1) is 21.1. The fraction of sp³-hybridized carbons (Fsp3) is 0.391. The number of nitrogens with one attached hydrogen (secondary N) is 3. The molecule has 9 heteroatoms. The molecule has 2 bridgehead atoms. The van der Waals surface area contributed by atoms with Crippen LogP contribution in [0.4, 0.5) is 20.2 Å². The summed E-state index contributed by atoms with van der Waals surface area (Å²) >= 11 is 1.31. The largest absolute Gasteiger partial charge is 0.386 e. The van der Waals surface area contributed by atoms with Crippen LogP contribution >= 0.6 is 11.3 Å². The predicted molar refractivity (Wildman–Crippen MR) is 124 cm³/mol. The number of piperazine rings is 1. The number of nitrogens with zero attached hydrogens (tertiary/aromatic N) is 2. The maximum absolute atomic E-state index is 14.7. The average Bonchev–Trinajstić information content (AvgIpc) is 3.13. The van der Waals surface area contributed by atoms with E-state index in [1.807, 2.05) is 24.0 Å². The Labute approximate surface area is 189 Å². The Hall–Kier alpha value is -2.78. The first-order valence-electron chi connectivity index (χ1n) is 10.8. The SMILES string of the molecule is CNc1c(C(=O)NCCc2cc(F)c(N3CC4CC(C3)N4)cc2F)sc2nc(C)ccc12. The molecule has 0 spiro atoms. The topological polar surface area (TPSA) is 69.3 Å². The first-order chi connectivity index (χ1) is 15.4. The highest BCUT2D eigenvalue weighted by Gasteiger charge is 2.37. The van der Waals surface area contributed by atoms with Crippen LogP contribution in [0.5, 0.6) is 0 Å². The number of carbonyl (C=O) groups is 1. The molecule has 3 aromatic rings. The number of halogens is 2. The standard InChI is InChI=1S/C23H25F2N5OS/c1-12-3-4-16-20(26-2)21(32-23(16)28-12)22(31)27-6-5-13-7-18(25)19(9-17(13)24)30-10-14-8-15(11-30)29-14/h3-4,7,9,14-15,26,29H,5-6,8,10-11H2,1-2H3,(H,27,31). The zero-order valence-electron chi connectivity index (χ0n) is 18.0. The maximum Gasteiger partial charge on any atom is 0.263 e. The molecule has 3 fully saturated rings. The number of rotatable bonds is 6. The van der Waals surface area contributed by atoms with Crippen molar-refractivity contribution in [3.63, 3.8) is 0 Å². The molecule has 0 radical (unpaired) electrons. The van der Waals surface area contributed by atoms with E-state index in [1.165, 1.54) is 23.5 Å². The molecule has 3 aliphatic heterocycles. The van der Waals surface area contributed by atoms with E-state index in [-0.39, 0.29) is 24.4 Å². The van der Waals surface area contributed by atoms with Gasteiger partial charge in [-0.3, -0.25) is 4.79 Å². The molecule has 0 saturated carbocycles. The minimum absolute atomic E-state index is 0.205. The van der Waals surface area contributed by atoms with Crippen LogP contribution in [0.2, 0.25) is 0 Å². The van der Waals surface area contributed by atoms with Gasteiger partial charge in [0.1, 0.15) is 21.3 Å². The average molecular weight is 458 g/mol. The molecular weight excluding hydrogens is 432 g/mol. The van der Waals surface area contributed by atoms with Crippen LogP contribution in [0.25, 0.3) is 10.2 Å². The van der Waals surface area contributed by atoms with Gasteiger partial charge in [0.05, 0.1) is 11.4 Å². The third-order valence-electron chi connectivity index (χ3n) is 6.21. The van der Waals surface area contributed by atoms with Gasteiger partial charge >= 0.3 is 0 Å². The third kappa shape index (κ3) is 3.80. The molecule has 0 aliphatic carbocycles. The lowest BCUT2D eigenvalue weighted by Crippen LogP contribution is -2.67. The summed E-state index contributed by atoms with van der Waals surface area (Å²) in [6, 6.07) is 7.12. The van der Waals surface area contributed by atoms with E-state index in [4.69, 9.17) is 0 Å². The Kier molecular flexibility index (Phi) is 5.46. The van der Waals surface area contributed by atoms with Crippen molar-refractivity contribution >= 4 is 38.8 Å². The molecule has 6 rings (SSSR count). The number of aryl methyl sites for hydroxylation is 1. The van der Waals surface area contributed by atoms with Gasteiger partial charge < -0.3 is 20.9 Å². The minimum atomic E-state index is -0.444. The van der Waals surface area contributed by atoms with Gasteiger partial charge in [0.15, 0.2) is 0 Å². The quantitative estimate of drug-likeness (QED) is 0.529. The summed E-state index contributed by atoms with van der Waals surface area (Å²) in [6.45, 7) is 3.50. The van der Waals surface area contributed by atoms with Crippen LogP contribution in [0.3, 0.4) is 0 Å². The highest BCUT2D eigenvalue weighted by atomic mass is 32.1. The number of hydrogen-bond donors (Lipinski definition) is 3. The summed E-state index contributed by atoms with van der Waals surface area (Å²) in [7, 11) is 1.76. The van der Waals surface area contributed by atoms with Crippen LogP contribution in [-0.2, 0) is 6.42 Å². The smallest absolute Gasteiger partial charge is 0.263 e. The lowest BCUT2D eigenvalue weighted by Gasteiger charge is -2.49. The Morgan fingerprint density at radius 3 is 2.72 bits per heavy atom. The van der Waals surface area contributed by atoms with Crippen molar-refractivity contribution in [2.45, 2.75) is 31.8 Å².